The number of hydrogen-bond acceptors (Lipinski definition) is 5. The van der Waals surface area contributed by atoms with E-state index in [0.717, 1.165) is 55.5 Å². The minimum absolute atomic E-state index is 0.0267. The summed E-state index contributed by atoms with van der Waals surface area (Å²) in [5.74, 6) is 0. The fourth-order valence-corrected chi connectivity index (χ4v) is 3.28. The Morgan fingerprint density at radius 2 is 1.28 bits per heavy atom. The third kappa shape index (κ3) is 5.66. The van der Waals surface area contributed by atoms with E-state index in [4.69, 9.17) is 11.5 Å². The van der Waals surface area contributed by atoms with E-state index in [9.17, 15) is 0 Å². The molecule has 0 saturated heterocycles. The van der Waals surface area contributed by atoms with Gasteiger partial charge in [0.15, 0.2) is 0 Å². The maximum Gasteiger partial charge on any atom is 0.0596 e. The van der Waals surface area contributed by atoms with Crippen molar-refractivity contribution in [3.63, 3.8) is 0 Å². The summed E-state index contributed by atoms with van der Waals surface area (Å²) in [6, 6.07) is 4.21. The Balaban J connectivity index is 1.86. The summed E-state index contributed by atoms with van der Waals surface area (Å²) in [4.78, 5) is 2.31. The molecular formula is C18H33N7. The maximum absolute atomic E-state index is 6.36. The van der Waals surface area contributed by atoms with Gasteiger partial charge in [0.05, 0.1) is 24.5 Å². The van der Waals surface area contributed by atoms with Crippen molar-refractivity contribution < 1.29 is 0 Å². The van der Waals surface area contributed by atoms with Crippen molar-refractivity contribution in [2.45, 2.75) is 59.8 Å². The average molecular weight is 348 g/mol. The van der Waals surface area contributed by atoms with Crippen molar-refractivity contribution in [2.24, 2.45) is 11.5 Å². The monoisotopic (exact) mass is 347 g/mol. The Kier molecular flexibility index (Phi) is 6.75. The molecule has 2 aromatic rings. The van der Waals surface area contributed by atoms with Gasteiger partial charge >= 0.3 is 0 Å². The Labute approximate surface area is 151 Å². The molecule has 0 amide bonds. The van der Waals surface area contributed by atoms with E-state index in [1.807, 2.05) is 23.2 Å². The Hall–Kier alpha value is -1.70. The molecule has 0 spiro atoms. The first-order valence-corrected chi connectivity index (χ1v) is 9.04. The van der Waals surface area contributed by atoms with E-state index < -0.39 is 0 Å². The number of nitrogens with two attached hydrogens (primary N) is 2. The van der Waals surface area contributed by atoms with Gasteiger partial charge in [0.25, 0.3) is 0 Å². The van der Waals surface area contributed by atoms with Gasteiger partial charge in [-0.3, -0.25) is 9.36 Å². The first kappa shape index (κ1) is 19.6. The summed E-state index contributed by atoms with van der Waals surface area (Å²) in [5, 5.41) is 8.99. The van der Waals surface area contributed by atoms with Crippen LogP contribution in [0.25, 0.3) is 0 Å². The van der Waals surface area contributed by atoms with Gasteiger partial charge in [-0.05, 0) is 46.4 Å². The largest absolute Gasteiger partial charge is 0.325 e. The molecule has 0 bridgehead atoms. The lowest BCUT2D eigenvalue weighted by atomic mass is 10.2. The minimum Gasteiger partial charge on any atom is -0.325 e. The van der Waals surface area contributed by atoms with Gasteiger partial charge in [-0.1, -0.05) is 6.92 Å². The number of aryl methyl sites for hydroxylation is 4. The number of likely N-dealkylation sites (N-methyl/N-ethyl adjacent to an activating group) is 1. The Bertz CT molecular complexity index is 617. The second-order valence-electron chi connectivity index (χ2n) is 7.09. The molecule has 25 heavy (non-hydrogen) atoms. The van der Waals surface area contributed by atoms with Crippen LogP contribution in [0.3, 0.4) is 0 Å². The maximum atomic E-state index is 6.36. The van der Waals surface area contributed by atoms with Crippen LogP contribution in [0.5, 0.6) is 0 Å². The number of aromatic nitrogens is 4. The zero-order valence-corrected chi connectivity index (χ0v) is 16.2. The molecule has 7 heteroatoms. The molecular weight excluding hydrogens is 314 g/mol. The zero-order chi connectivity index (χ0) is 18.6. The first-order chi connectivity index (χ1) is 11.8. The summed E-state index contributed by atoms with van der Waals surface area (Å²) in [6.45, 7) is 14.3. The van der Waals surface area contributed by atoms with Crippen molar-refractivity contribution in [3.8, 4) is 0 Å². The SMILES string of the molecule is CCN(CC(N)Cn1nc(C)cc1C)CC(N)Cn1nc(C)cc1C. The average Bonchev–Trinajstić information content (AvgIpc) is 2.99. The fraction of sp³-hybridized carbons (Fsp3) is 0.667. The summed E-state index contributed by atoms with van der Waals surface area (Å²) >= 11 is 0. The predicted octanol–water partition coefficient (Wildman–Crippen LogP) is 0.990. The third-order valence-corrected chi connectivity index (χ3v) is 4.45. The second kappa shape index (κ2) is 8.60. The molecule has 2 aromatic heterocycles. The molecule has 0 radical (unpaired) electrons. The molecule has 2 atom stereocenters. The lowest BCUT2D eigenvalue weighted by Gasteiger charge is -2.27. The van der Waals surface area contributed by atoms with Gasteiger partial charge in [-0.15, -0.1) is 0 Å². The van der Waals surface area contributed by atoms with Crippen LogP contribution in [-0.2, 0) is 13.1 Å². The predicted molar refractivity (Wildman–Crippen MR) is 101 cm³/mol. The van der Waals surface area contributed by atoms with E-state index in [1.54, 1.807) is 0 Å². The number of rotatable bonds is 9. The van der Waals surface area contributed by atoms with E-state index in [1.165, 1.54) is 0 Å². The zero-order valence-electron chi connectivity index (χ0n) is 16.2. The van der Waals surface area contributed by atoms with Crippen molar-refractivity contribution in [2.75, 3.05) is 19.6 Å². The van der Waals surface area contributed by atoms with Crippen LogP contribution in [0.4, 0.5) is 0 Å². The molecule has 2 unspecified atom stereocenters. The molecule has 0 aromatic carbocycles. The highest BCUT2D eigenvalue weighted by Crippen LogP contribution is 2.05. The molecule has 0 aliphatic rings. The van der Waals surface area contributed by atoms with E-state index in [2.05, 4.69) is 48.0 Å². The molecule has 140 valence electrons. The van der Waals surface area contributed by atoms with Gasteiger partial charge in [-0.2, -0.15) is 10.2 Å². The lowest BCUT2D eigenvalue weighted by molar-refractivity contribution is 0.234. The van der Waals surface area contributed by atoms with Crippen LogP contribution in [0, 0.1) is 27.7 Å². The summed E-state index contributed by atoms with van der Waals surface area (Å²) in [7, 11) is 0. The van der Waals surface area contributed by atoms with E-state index in [-0.39, 0.29) is 12.1 Å². The molecule has 0 saturated carbocycles. The quantitative estimate of drug-likeness (QED) is 0.706. The minimum atomic E-state index is 0.0267. The van der Waals surface area contributed by atoms with Crippen molar-refractivity contribution in [1.82, 2.24) is 24.5 Å². The lowest BCUT2D eigenvalue weighted by Crippen LogP contribution is -2.46. The normalized spacial score (nSPS) is 14.2. The fourth-order valence-electron chi connectivity index (χ4n) is 3.28. The molecule has 7 nitrogen and oxygen atoms in total. The van der Waals surface area contributed by atoms with Crippen molar-refractivity contribution in [1.29, 1.82) is 0 Å². The topological polar surface area (TPSA) is 90.9 Å². The number of hydrogen-bond donors (Lipinski definition) is 2. The highest BCUT2D eigenvalue weighted by Gasteiger charge is 2.15. The molecule has 0 aliphatic carbocycles. The third-order valence-electron chi connectivity index (χ3n) is 4.45. The van der Waals surface area contributed by atoms with Crippen LogP contribution in [0.1, 0.15) is 29.7 Å². The van der Waals surface area contributed by atoms with Crippen molar-refractivity contribution >= 4 is 0 Å². The van der Waals surface area contributed by atoms with Gasteiger partial charge in [0.2, 0.25) is 0 Å². The van der Waals surface area contributed by atoms with E-state index in [0.29, 0.717) is 0 Å². The van der Waals surface area contributed by atoms with Crippen LogP contribution in [0.2, 0.25) is 0 Å². The van der Waals surface area contributed by atoms with Gasteiger partial charge in [0.1, 0.15) is 0 Å². The van der Waals surface area contributed by atoms with E-state index >= 15 is 0 Å². The van der Waals surface area contributed by atoms with Crippen LogP contribution >= 0.6 is 0 Å². The first-order valence-electron chi connectivity index (χ1n) is 9.04. The Morgan fingerprint density at radius 1 is 0.880 bits per heavy atom. The summed E-state index contributed by atoms with van der Waals surface area (Å²) < 4.78 is 3.98. The van der Waals surface area contributed by atoms with Crippen molar-refractivity contribution in [3.05, 3.63) is 34.9 Å². The van der Waals surface area contributed by atoms with Crippen LogP contribution < -0.4 is 11.5 Å². The molecule has 0 fully saturated rings. The van der Waals surface area contributed by atoms with Gasteiger partial charge < -0.3 is 16.4 Å². The van der Waals surface area contributed by atoms with Crippen LogP contribution in [-0.4, -0.2) is 56.2 Å². The van der Waals surface area contributed by atoms with Gasteiger partial charge in [-0.25, -0.2) is 0 Å². The standard InChI is InChI=1S/C18H33N7/c1-6-23(9-17(19)11-24-15(4)7-13(2)21-24)10-18(20)12-25-16(5)8-14(3)22-25/h7-8,17-18H,6,9-12,19-20H2,1-5H3. The summed E-state index contributed by atoms with van der Waals surface area (Å²) in [6.07, 6.45) is 0. The van der Waals surface area contributed by atoms with Crippen LogP contribution in [0.15, 0.2) is 12.1 Å². The molecule has 4 N–H and O–H groups in total. The summed E-state index contributed by atoms with van der Waals surface area (Å²) in [5.41, 5.74) is 17.1. The van der Waals surface area contributed by atoms with Gasteiger partial charge in [0, 0.05) is 36.6 Å². The molecule has 2 rings (SSSR count). The molecule has 0 aliphatic heterocycles. The number of nitrogens with zero attached hydrogens (tertiary/aromatic N) is 5. The Morgan fingerprint density at radius 3 is 1.56 bits per heavy atom. The smallest absolute Gasteiger partial charge is 0.0596 e. The molecule has 2 heterocycles. The highest BCUT2D eigenvalue weighted by atomic mass is 15.3. The highest BCUT2D eigenvalue weighted by molar-refractivity contribution is 5.07. The second-order valence-corrected chi connectivity index (χ2v) is 7.09.